The van der Waals surface area contributed by atoms with Gasteiger partial charge in [-0.1, -0.05) is 12.1 Å². The minimum Gasteiger partial charge on any atom is -0.495 e. The predicted octanol–water partition coefficient (Wildman–Crippen LogP) is 1.41. The van der Waals surface area contributed by atoms with E-state index in [1.54, 1.807) is 29.6 Å². The standard InChI is InChI=1S/C18H22N4O5S2/c1-27-14-7-3-2-6-13(14)19-12-16(23)20-21-18(24)17-15(8-11-28-17)29(25,26)22-9-4-5-10-22/h2-3,6-8,11,19H,4-5,9-10,12H2,1H3,(H,20,23)(H,21,24). The highest BCUT2D eigenvalue weighted by molar-refractivity contribution is 7.89. The third-order valence-electron chi connectivity index (χ3n) is 4.38. The fourth-order valence-corrected chi connectivity index (χ4v) is 5.74. The van der Waals surface area contributed by atoms with Gasteiger partial charge in [0, 0.05) is 13.1 Å². The van der Waals surface area contributed by atoms with Crippen molar-refractivity contribution in [2.75, 3.05) is 32.1 Å². The van der Waals surface area contributed by atoms with Crippen molar-refractivity contribution in [3.05, 3.63) is 40.6 Å². The third-order valence-corrected chi connectivity index (χ3v) is 7.36. The highest BCUT2D eigenvalue weighted by Gasteiger charge is 2.31. The number of carbonyl (C=O) groups is 2. The van der Waals surface area contributed by atoms with E-state index in [2.05, 4.69) is 16.2 Å². The third kappa shape index (κ3) is 4.86. The molecule has 0 spiro atoms. The molecular weight excluding hydrogens is 416 g/mol. The molecule has 2 heterocycles. The van der Waals surface area contributed by atoms with Gasteiger partial charge in [-0.3, -0.25) is 20.4 Å². The maximum atomic E-state index is 12.7. The molecule has 3 rings (SSSR count). The Kier molecular flexibility index (Phi) is 6.72. The summed E-state index contributed by atoms with van der Waals surface area (Å²) in [6, 6.07) is 8.52. The van der Waals surface area contributed by atoms with E-state index in [0.717, 1.165) is 24.2 Å². The average Bonchev–Trinajstić information content (AvgIpc) is 3.43. The van der Waals surface area contributed by atoms with Crippen molar-refractivity contribution >= 4 is 38.9 Å². The second-order valence-electron chi connectivity index (χ2n) is 6.28. The number of ether oxygens (including phenoxy) is 1. The fraction of sp³-hybridized carbons (Fsp3) is 0.333. The van der Waals surface area contributed by atoms with Crippen LogP contribution in [-0.4, -0.2) is 51.3 Å². The monoisotopic (exact) mass is 438 g/mol. The van der Waals surface area contributed by atoms with Crippen molar-refractivity contribution in [1.82, 2.24) is 15.2 Å². The molecule has 1 aromatic heterocycles. The first-order chi connectivity index (χ1) is 13.9. The molecule has 2 aromatic rings. The molecule has 29 heavy (non-hydrogen) atoms. The van der Waals surface area contributed by atoms with Crippen LogP contribution in [-0.2, 0) is 14.8 Å². The zero-order valence-corrected chi connectivity index (χ0v) is 17.4. The Balaban J connectivity index is 1.57. The van der Waals surface area contributed by atoms with Gasteiger partial charge in [0.2, 0.25) is 10.0 Å². The zero-order valence-electron chi connectivity index (χ0n) is 15.8. The lowest BCUT2D eigenvalue weighted by atomic mass is 10.3. The van der Waals surface area contributed by atoms with Gasteiger partial charge in [-0.15, -0.1) is 11.3 Å². The van der Waals surface area contributed by atoms with Crippen LogP contribution in [0.4, 0.5) is 5.69 Å². The zero-order chi connectivity index (χ0) is 20.9. The lowest BCUT2D eigenvalue weighted by Crippen LogP contribution is -2.44. The predicted molar refractivity (Wildman–Crippen MR) is 109 cm³/mol. The number of thiophene rings is 1. The molecule has 1 aliphatic rings. The molecule has 1 aromatic carbocycles. The van der Waals surface area contributed by atoms with E-state index in [0.29, 0.717) is 24.5 Å². The highest BCUT2D eigenvalue weighted by atomic mass is 32.2. The number of nitrogens with zero attached hydrogens (tertiary/aromatic N) is 1. The van der Waals surface area contributed by atoms with E-state index >= 15 is 0 Å². The quantitative estimate of drug-likeness (QED) is 0.563. The van der Waals surface area contributed by atoms with Gasteiger partial charge in [-0.2, -0.15) is 4.31 Å². The number of anilines is 1. The fourth-order valence-electron chi connectivity index (χ4n) is 2.93. The maximum absolute atomic E-state index is 12.7. The molecular formula is C18H22N4O5S2. The lowest BCUT2D eigenvalue weighted by Gasteiger charge is -2.16. The summed E-state index contributed by atoms with van der Waals surface area (Å²) in [6.07, 6.45) is 1.61. The second-order valence-corrected chi connectivity index (χ2v) is 9.10. The first kappa shape index (κ1) is 21.1. The van der Waals surface area contributed by atoms with E-state index in [9.17, 15) is 18.0 Å². The first-order valence-corrected chi connectivity index (χ1v) is 11.3. The van der Waals surface area contributed by atoms with Crippen LogP contribution in [0, 0.1) is 0 Å². The molecule has 0 atom stereocenters. The summed E-state index contributed by atoms with van der Waals surface area (Å²) in [5.41, 5.74) is 5.19. The number of methoxy groups -OCH3 is 1. The largest absolute Gasteiger partial charge is 0.495 e. The van der Waals surface area contributed by atoms with Gasteiger partial charge < -0.3 is 10.1 Å². The van der Waals surface area contributed by atoms with Crippen LogP contribution in [0.3, 0.4) is 0 Å². The molecule has 0 aliphatic carbocycles. The van der Waals surface area contributed by atoms with Gasteiger partial charge in [-0.25, -0.2) is 8.42 Å². The number of benzene rings is 1. The summed E-state index contributed by atoms with van der Waals surface area (Å²) in [6.45, 7) is 0.791. The van der Waals surface area contributed by atoms with Gasteiger partial charge in [0.1, 0.15) is 15.5 Å². The summed E-state index contributed by atoms with van der Waals surface area (Å²) >= 11 is 1.01. The number of para-hydroxylation sites is 2. The number of sulfonamides is 1. The number of hydrogen-bond acceptors (Lipinski definition) is 7. The minimum atomic E-state index is -3.72. The number of nitrogens with one attached hydrogen (secondary N) is 3. The van der Waals surface area contributed by atoms with Gasteiger partial charge in [-0.05, 0) is 36.4 Å². The molecule has 11 heteroatoms. The number of rotatable bonds is 7. The average molecular weight is 439 g/mol. The van der Waals surface area contributed by atoms with Gasteiger partial charge in [0.15, 0.2) is 0 Å². The first-order valence-electron chi connectivity index (χ1n) is 8.97. The number of amides is 2. The number of hydrogen-bond donors (Lipinski definition) is 3. The molecule has 0 unspecified atom stereocenters. The van der Waals surface area contributed by atoms with Crippen LogP contribution in [0.15, 0.2) is 40.6 Å². The molecule has 1 fully saturated rings. The Morgan fingerprint density at radius 2 is 1.86 bits per heavy atom. The van der Waals surface area contributed by atoms with Crippen LogP contribution in [0.2, 0.25) is 0 Å². The van der Waals surface area contributed by atoms with Crippen molar-refractivity contribution in [1.29, 1.82) is 0 Å². The Labute approximate surface area is 173 Å². The van der Waals surface area contributed by atoms with E-state index < -0.39 is 21.8 Å². The van der Waals surface area contributed by atoms with E-state index in [1.165, 1.54) is 17.5 Å². The molecule has 9 nitrogen and oxygen atoms in total. The molecule has 0 saturated carbocycles. The van der Waals surface area contributed by atoms with Crippen molar-refractivity contribution < 1.29 is 22.7 Å². The number of hydrazine groups is 1. The maximum Gasteiger partial charge on any atom is 0.281 e. The summed E-state index contributed by atoms with van der Waals surface area (Å²) in [4.78, 5) is 24.5. The van der Waals surface area contributed by atoms with Gasteiger partial charge in [0.05, 0.1) is 19.3 Å². The molecule has 1 aliphatic heterocycles. The van der Waals surface area contributed by atoms with Crippen molar-refractivity contribution in [3.63, 3.8) is 0 Å². The normalized spacial score (nSPS) is 14.4. The van der Waals surface area contributed by atoms with Crippen LogP contribution in [0.5, 0.6) is 5.75 Å². The summed E-state index contributed by atoms with van der Waals surface area (Å²) in [5, 5.41) is 4.45. The minimum absolute atomic E-state index is 0.0369. The summed E-state index contributed by atoms with van der Waals surface area (Å²) in [7, 11) is -2.20. The van der Waals surface area contributed by atoms with E-state index in [-0.39, 0.29) is 16.3 Å². The molecule has 3 N–H and O–H groups in total. The van der Waals surface area contributed by atoms with Crippen molar-refractivity contribution in [2.45, 2.75) is 17.7 Å². The Bertz CT molecular complexity index is 984. The summed E-state index contributed by atoms with van der Waals surface area (Å²) < 4.78 is 32.0. The number of carbonyl (C=O) groups excluding carboxylic acids is 2. The van der Waals surface area contributed by atoms with Crippen molar-refractivity contribution in [2.24, 2.45) is 0 Å². The Morgan fingerprint density at radius 1 is 1.14 bits per heavy atom. The Morgan fingerprint density at radius 3 is 2.59 bits per heavy atom. The molecule has 0 radical (unpaired) electrons. The Hall–Kier alpha value is -2.63. The van der Waals surface area contributed by atoms with Crippen LogP contribution in [0.1, 0.15) is 22.5 Å². The van der Waals surface area contributed by atoms with Gasteiger partial charge >= 0.3 is 0 Å². The van der Waals surface area contributed by atoms with Gasteiger partial charge in [0.25, 0.3) is 11.8 Å². The molecule has 0 bridgehead atoms. The smallest absolute Gasteiger partial charge is 0.281 e. The lowest BCUT2D eigenvalue weighted by molar-refractivity contribution is -0.120. The van der Waals surface area contributed by atoms with Crippen molar-refractivity contribution in [3.8, 4) is 5.75 Å². The second kappa shape index (κ2) is 9.25. The molecule has 156 valence electrons. The molecule has 1 saturated heterocycles. The molecule has 2 amide bonds. The van der Waals surface area contributed by atoms with Crippen LogP contribution in [0.25, 0.3) is 0 Å². The topological polar surface area (TPSA) is 117 Å². The highest BCUT2D eigenvalue weighted by Crippen LogP contribution is 2.27. The van der Waals surface area contributed by atoms with E-state index in [4.69, 9.17) is 4.74 Å². The van der Waals surface area contributed by atoms with Crippen LogP contribution >= 0.6 is 11.3 Å². The van der Waals surface area contributed by atoms with E-state index in [1.807, 2.05) is 0 Å². The van der Waals surface area contributed by atoms with Crippen LogP contribution < -0.4 is 20.9 Å². The summed E-state index contributed by atoms with van der Waals surface area (Å²) in [5.74, 6) is -0.590. The SMILES string of the molecule is COc1ccccc1NCC(=O)NNC(=O)c1sccc1S(=O)(=O)N1CCCC1.